The molecule has 0 aliphatic carbocycles. The third kappa shape index (κ3) is 4.72. The number of nitrogens with one attached hydrogen (secondary N) is 1. The number of rotatable bonds is 7. The molecule has 1 aromatic heterocycles. The molecule has 2 aromatic carbocycles. The summed E-state index contributed by atoms with van der Waals surface area (Å²) in [6.07, 6.45) is 0. The number of carbonyl (C=O) groups excluding carboxylic acids is 1. The van der Waals surface area contributed by atoms with Crippen molar-refractivity contribution >= 4 is 39.7 Å². The number of benzene rings is 2. The highest BCUT2D eigenvalue weighted by atomic mass is 79.9. The summed E-state index contributed by atoms with van der Waals surface area (Å²) in [6, 6.07) is 10.8. The van der Waals surface area contributed by atoms with Crippen LogP contribution in [0.5, 0.6) is 11.5 Å². The smallest absolute Gasteiger partial charge is 0.343 e. The largest absolute Gasteiger partial charge is 0.490 e. The summed E-state index contributed by atoms with van der Waals surface area (Å²) in [5, 5.41) is 19.2. The number of hydrogen-bond donors (Lipinski definition) is 4. The van der Waals surface area contributed by atoms with Gasteiger partial charge in [0.15, 0.2) is 11.5 Å². The maximum Gasteiger partial charge on any atom is 0.343 e. The van der Waals surface area contributed by atoms with Gasteiger partial charge in [0.1, 0.15) is 16.9 Å². The van der Waals surface area contributed by atoms with Crippen LogP contribution >= 0.6 is 15.9 Å². The first-order chi connectivity index (χ1) is 15.6. The van der Waals surface area contributed by atoms with E-state index in [9.17, 15) is 29.4 Å². The number of aromatic amines is 1. The minimum Gasteiger partial charge on any atom is -0.490 e. The number of pyridine rings is 1. The van der Waals surface area contributed by atoms with Gasteiger partial charge < -0.3 is 30.4 Å². The number of carboxylic acids is 2. The molecule has 0 spiro atoms. The van der Waals surface area contributed by atoms with Crippen LogP contribution in [-0.2, 0) is 0 Å². The molecule has 0 amide bonds. The third-order valence-electron chi connectivity index (χ3n) is 4.47. The normalized spacial score (nSPS) is 10.5. The molecule has 0 fully saturated rings. The number of halogens is 1. The Morgan fingerprint density at radius 2 is 1.70 bits per heavy atom. The average Bonchev–Trinajstić information content (AvgIpc) is 2.75. The van der Waals surface area contributed by atoms with E-state index >= 15 is 0 Å². The second-order valence-electron chi connectivity index (χ2n) is 6.58. The Kier molecular flexibility index (Phi) is 6.83. The lowest BCUT2D eigenvalue weighted by molar-refractivity contribution is 0.0693. The standard InChI is InChI=1S/C22H17BrN2O8/c1-2-32-13-9-11(8-12(23)17(13)33-22(31)10-6-4-3-5-7-10)14-15(20(27)28)18(24)25-19(26)16(14)21(29)30/h3-9H,2H2,1H3,(H,27,28)(H,29,30)(H3,24,25,26). The maximum atomic E-state index is 12.5. The van der Waals surface area contributed by atoms with Crippen molar-refractivity contribution < 1.29 is 34.1 Å². The predicted molar refractivity (Wildman–Crippen MR) is 121 cm³/mol. The molecule has 170 valence electrons. The molecule has 0 atom stereocenters. The maximum absolute atomic E-state index is 12.5. The van der Waals surface area contributed by atoms with Gasteiger partial charge in [0.25, 0.3) is 5.56 Å². The lowest BCUT2D eigenvalue weighted by Gasteiger charge is -2.17. The summed E-state index contributed by atoms with van der Waals surface area (Å²) in [7, 11) is 0. The van der Waals surface area contributed by atoms with Gasteiger partial charge >= 0.3 is 17.9 Å². The number of anilines is 1. The number of aromatic carboxylic acids is 2. The molecule has 0 aliphatic heterocycles. The van der Waals surface area contributed by atoms with Crippen LogP contribution in [0.3, 0.4) is 0 Å². The van der Waals surface area contributed by atoms with Crippen LogP contribution < -0.4 is 20.8 Å². The summed E-state index contributed by atoms with van der Waals surface area (Å²) in [5.74, 6) is -4.39. The third-order valence-corrected chi connectivity index (χ3v) is 5.06. The molecule has 5 N–H and O–H groups in total. The molecule has 11 heteroatoms. The van der Waals surface area contributed by atoms with Crippen molar-refractivity contribution in [2.45, 2.75) is 6.92 Å². The summed E-state index contributed by atoms with van der Waals surface area (Å²) in [5.41, 5.74) is 3.05. The Morgan fingerprint density at radius 3 is 2.27 bits per heavy atom. The van der Waals surface area contributed by atoms with E-state index in [4.69, 9.17) is 15.2 Å². The van der Waals surface area contributed by atoms with Gasteiger partial charge in [0.05, 0.1) is 16.6 Å². The van der Waals surface area contributed by atoms with Gasteiger partial charge in [0.2, 0.25) is 0 Å². The first kappa shape index (κ1) is 23.5. The van der Waals surface area contributed by atoms with Crippen LogP contribution in [0.2, 0.25) is 0 Å². The second-order valence-corrected chi connectivity index (χ2v) is 7.43. The molecule has 3 aromatic rings. The molecule has 0 saturated heterocycles. The quantitative estimate of drug-likeness (QED) is 0.271. The van der Waals surface area contributed by atoms with E-state index in [1.165, 1.54) is 12.1 Å². The molecule has 0 saturated carbocycles. The van der Waals surface area contributed by atoms with E-state index < -0.39 is 46.0 Å². The van der Waals surface area contributed by atoms with Crippen LogP contribution in [-0.4, -0.2) is 39.7 Å². The highest BCUT2D eigenvalue weighted by Gasteiger charge is 2.28. The number of H-pyrrole nitrogens is 1. The number of hydrogen-bond acceptors (Lipinski definition) is 7. The zero-order chi connectivity index (χ0) is 24.3. The van der Waals surface area contributed by atoms with Gasteiger partial charge in [-0.15, -0.1) is 0 Å². The summed E-state index contributed by atoms with van der Waals surface area (Å²) < 4.78 is 11.2. The van der Waals surface area contributed by atoms with Gasteiger partial charge in [-0.3, -0.25) is 4.79 Å². The Hall–Kier alpha value is -4.12. The minimum absolute atomic E-state index is 0.00237. The van der Waals surface area contributed by atoms with Crippen molar-refractivity contribution in [1.82, 2.24) is 4.98 Å². The van der Waals surface area contributed by atoms with Gasteiger partial charge in [-0.2, -0.15) is 0 Å². The monoisotopic (exact) mass is 516 g/mol. The average molecular weight is 517 g/mol. The number of nitrogen functional groups attached to an aromatic ring is 1. The number of carbonyl (C=O) groups is 3. The lowest BCUT2D eigenvalue weighted by atomic mass is 9.95. The van der Waals surface area contributed by atoms with Gasteiger partial charge in [0, 0.05) is 5.56 Å². The molecule has 3 rings (SSSR count). The Bertz CT molecular complexity index is 1320. The Labute approximate surface area is 194 Å². The van der Waals surface area contributed by atoms with Crippen molar-refractivity contribution in [3.05, 3.63) is 74.0 Å². The predicted octanol–water partition coefficient (Wildman–Crippen LogP) is 3.40. The first-order valence-electron chi connectivity index (χ1n) is 9.41. The molecular formula is C22H17BrN2O8. The summed E-state index contributed by atoms with van der Waals surface area (Å²) in [6.45, 7) is 1.81. The molecule has 0 unspecified atom stereocenters. The zero-order valence-corrected chi connectivity index (χ0v) is 18.6. The Balaban J connectivity index is 2.25. The van der Waals surface area contributed by atoms with Crippen molar-refractivity contribution in [3.8, 4) is 22.6 Å². The topological polar surface area (TPSA) is 169 Å². The fourth-order valence-corrected chi connectivity index (χ4v) is 3.66. The van der Waals surface area contributed by atoms with E-state index in [0.717, 1.165) is 0 Å². The molecule has 10 nitrogen and oxygen atoms in total. The fraction of sp³-hybridized carbons (Fsp3) is 0.0909. The van der Waals surface area contributed by atoms with Crippen LogP contribution in [0.25, 0.3) is 11.1 Å². The van der Waals surface area contributed by atoms with Crippen molar-refractivity contribution in [2.24, 2.45) is 0 Å². The number of carboxylic acid groups (broad SMARTS) is 2. The van der Waals surface area contributed by atoms with Gasteiger partial charge in [-0.05, 0) is 52.7 Å². The highest BCUT2D eigenvalue weighted by molar-refractivity contribution is 9.10. The molecule has 0 radical (unpaired) electrons. The van der Waals surface area contributed by atoms with Gasteiger partial charge in [-0.25, -0.2) is 14.4 Å². The van der Waals surface area contributed by atoms with Gasteiger partial charge in [-0.1, -0.05) is 18.2 Å². The summed E-state index contributed by atoms with van der Waals surface area (Å²) in [4.78, 5) is 50.5. The summed E-state index contributed by atoms with van der Waals surface area (Å²) >= 11 is 3.26. The molecule has 0 aliphatic rings. The number of nitrogens with two attached hydrogens (primary N) is 1. The van der Waals surface area contributed by atoms with E-state index in [1.54, 1.807) is 37.3 Å². The van der Waals surface area contributed by atoms with Crippen LogP contribution in [0, 0.1) is 0 Å². The molecule has 1 heterocycles. The molecule has 0 bridgehead atoms. The zero-order valence-electron chi connectivity index (χ0n) is 17.0. The van der Waals surface area contributed by atoms with Crippen molar-refractivity contribution in [1.29, 1.82) is 0 Å². The molecular weight excluding hydrogens is 500 g/mol. The van der Waals surface area contributed by atoms with E-state index in [-0.39, 0.29) is 33.7 Å². The fourth-order valence-electron chi connectivity index (χ4n) is 3.14. The number of aromatic nitrogens is 1. The van der Waals surface area contributed by atoms with Crippen molar-refractivity contribution in [2.75, 3.05) is 12.3 Å². The highest BCUT2D eigenvalue weighted by Crippen LogP contribution is 2.42. The number of ether oxygens (including phenoxy) is 2. The second kappa shape index (κ2) is 9.57. The van der Waals surface area contributed by atoms with E-state index in [1.807, 2.05) is 4.98 Å². The molecule has 33 heavy (non-hydrogen) atoms. The lowest BCUT2D eigenvalue weighted by Crippen LogP contribution is -2.24. The minimum atomic E-state index is -1.65. The Morgan fingerprint density at radius 1 is 1.06 bits per heavy atom. The first-order valence-corrected chi connectivity index (χ1v) is 10.2. The van der Waals surface area contributed by atoms with Crippen LogP contribution in [0.1, 0.15) is 38.0 Å². The van der Waals surface area contributed by atoms with Crippen molar-refractivity contribution in [3.63, 3.8) is 0 Å². The van der Waals surface area contributed by atoms with E-state index in [0.29, 0.717) is 0 Å². The SMILES string of the molecule is CCOc1cc(-c2c(C(=O)O)c(N)[nH]c(=O)c2C(=O)O)cc(Br)c1OC(=O)c1ccccc1. The number of esters is 1. The van der Waals surface area contributed by atoms with Crippen LogP contribution in [0.4, 0.5) is 5.82 Å². The van der Waals surface area contributed by atoms with E-state index in [2.05, 4.69) is 15.9 Å². The van der Waals surface area contributed by atoms with Crippen LogP contribution in [0.15, 0.2) is 51.7 Å².